The first kappa shape index (κ1) is 10.0. The molecule has 1 rings (SSSR count). The zero-order chi connectivity index (χ0) is 7.12. The molecule has 1 heterocycles. The highest BCUT2D eigenvalue weighted by molar-refractivity contribution is 5.85. The van der Waals surface area contributed by atoms with Gasteiger partial charge in [0, 0.05) is 0 Å². The highest BCUT2D eigenvalue weighted by Crippen LogP contribution is 2.36. The van der Waals surface area contributed by atoms with Gasteiger partial charge in [-0.3, -0.25) is 0 Å². The molecular formula is C5H9ClF3N. The van der Waals surface area contributed by atoms with Gasteiger partial charge in [0.2, 0.25) is 0 Å². The third-order valence-electron chi connectivity index (χ3n) is 1.77. The van der Waals surface area contributed by atoms with Crippen molar-refractivity contribution in [1.82, 2.24) is 5.32 Å². The lowest BCUT2D eigenvalue weighted by Gasteiger charge is -2.41. The summed E-state index contributed by atoms with van der Waals surface area (Å²) < 4.78 is 35.5. The number of nitrogens with one attached hydrogen (secondary N) is 1. The Morgan fingerprint density at radius 3 is 1.80 bits per heavy atom. The van der Waals surface area contributed by atoms with Crippen LogP contribution >= 0.6 is 12.4 Å². The normalized spacial score (nSPS) is 32.4. The molecule has 1 aliphatic rings. The predicted octanol–water partition coefficient (Wildman–Crippen LogP) is 1.72. The lowest BCUT2D eigenvalue weighted by Crippen LogP contribution is -2.63. The summed E-state index contributed by atoms with van der Waals surface area (Å²) in [5.74, 6) is 0. The van der Waals surface area contributed by atoms with Crippen molar-refractivity contribution in [3.05, 3.63) is 0 Å². The number of halogens is 4. The molecule has 0 aliphatic carbocycles. The quantitative estimate of drug-likeness (QED) is 0.591. The topological polar surface area (TPSA) is 12.0 Å². The van der Waals surface area contributed by atoms with Gasteiger partial charge in [-0.05, 0) is 19.9 Å². The molecule has 0 amide bonds. The molecule has 0 radical (unpaired) electrons. The van der Waals surface area contributed by atoms with Crippen LogP contribution in [-0.2, 0) is 0 Å². The maximum Gasteiger partial charge on any atom is 0.406 e. The van der Waals surface area contributed by atoms with Gasteiger partial charge >= 0.3 is 6.18 Å². The van der Waals surface area contributed by atoms with Crippen molar-refractivity contribution in [3.8, 4) is 0 Å². The van der Waals surface area contributed by atoms with Gasteiger partial charge in [0.1, 0.15) is 5.54 Å². The van der Waals surface area contributed by atoms with Gasteiger partial charge in [-0.25, -0.2) is 0 Å². The molecule has 1 nitrogen and oxygen atoms in total. The molecule has 1 N–H and O–H groups in total. The Morgan fingerprint density at radius 1 is 1.40 bits per heavy atom. The molecule has 1 aliphatic heterocycles. The van der Waals surface area contributed by atoms with Crippen LogP contribution in [0, 0.1) is 0 Å². The first-order valence-corrected chi connectivity index (χ1v) is 2.77. The molecule has 62 valence electrons. The minimum absolute atomic E-state index is 0. The van der Waals surface area contributed by atoms with Crippen LogP contribution in [0.25, 0.3) is 0 Å². The van der Waals surface area contributed by atoms with Gasteiger partial charge in [-0.2, -0.15) is 13.2 Å². The molecule has 0 aromatic rings. The second kappa shape index (κ2) is 2.58. The van der Waals surface area contributed by atoms with Crippen LogP contribution in [0.1, 0.15) is 13.3 Å². The summed E-state index contributed by atoms with van der Waals surface area (Å²) in [4.78, 5) is 0. The summed E-state index contributed by atoms with van der Waals surface area (Å²) >= 11 is 0. The van der Waals surface area contributed by atoms with Crippen molar-refractivity contribution in [2.45, 2.75) is 25.1 Å². The Labute approximate surface area is 63.4 Å². The molecule has 1 unspecified atom stereocenters. The number of hydrogen-bond acceptors (Lipinski definition) is 1. The van der Waals surface area contributed by atoms with Crippen molar-refractivity contribution in [3.63, 3.8) is 0 Å². The zero-order valence-corrected chi connectivity index (χ0v) is 6.27. The van der Waals surface area contributed by atoms with Crippen LogP contribution in [0.5, 0.6) is 0 Å². The Bertz CT molecular complexity index is 119. The van der Waals surface area contributed by atoms with Crippen LogP contribution in [0.3, 0.4) is 0 Å². The van der Waals surface area contributed by atoms with E-state index in [9.17, 15) is 13.2 Å². The third-order valence-corrected chi connectivity index (χ3v) is 1.77. The molecule has 1 fully saturated rings. The first-order valence-electron chi connectivity index (χ1n) is 2.77. The maximum absolute atomic E-state index is 11.8. The van der Waals surface area contributed by atoms with E-state index < -0.39 is 11.7 Å². The fourth-order valence-electron chi connectivity index (χ4n) is 0.742. The fraction of sp³-hybridized carbons (Fsp3) is 1.00. The van der Waals surface area contributed by atoms with E-state index in [1.165, 1.54) is 6.92 Å². The van der Waals surface area contributed by atoms with Crippen molar-refractivity contribution in [2.24, 2.45) is 0 Å². The molecule has 0 spiro atoms. The SMILES string of the molecule is CC1(C(F)(F)F)CCN1.Cl. The Kier molecular flexibility index (Phi) is 2.59. The maximum atomic E-state index is 11.8. The smallest absolute Gasteiger partial charge is 0.304 e. The molecular weight excluding hydrogens is 167 g/mol. The summed E-state index contributed by atoms with van der Waals surface area (Å²) in [7, 11) is 0. The number of hydrogen-bond donors (Lipinski definition) is 1. The van der Waals surface area contributed by atoms with Crippen molar-refractivity contribution in [2.75, 3.05) is 6.54 Å². The third kappa shape index (κ3) is 1.37. The van der Waals surface area contributed by atoms with Crippen molar-refractivity contribution in [1.29, 1.82) is 0 Å². The minimum atomic E-state index is -4.08. The van der Waals surface area contributed by atoms with Crippen LogP contribution in [0.4, 0.5) is 13.2 Å². The van der Waals surface area contributed by atoms with Gasteiger partial charge in [-0.15, -0.1) is 12.4 Å². The second-order valence-corrected chi connectivity index (χ2v) is 2.51. The summed E-state index contributed by atoms with van der Waals surface area (Å²) in [5, 5.41) is 2.34. The van der Waals surface area contributed by atoms with E-state index in [1.54, 1.807) is 0 Å². The van der Waals surface area contributed by atoms with Crippen LogP contribution in [-0.4, -0.2) is 18.3 Å². The fourth-order valence-corrected chi connectivity index (χ4v) is 0.742. The summed E-state index contributed by atoms with van der Waals surface area (Å²) in [6, 6.07) is 0. The van der Waals surface area contributed by atoms with Crippen molar-refractivity contribution < 1.29 is 13.2 Å². The number of alkyl halides is 3. The van der Waals surface area contributed by atoms with E-state index in [0.717, 1.165) is 0 Å². The molecule has 1 saturated heterocycles. The van der Waals surface area contributed by atoms with Gasteiger partial charge < -0.3 is 5.32 Å². The molecule has 0 bridgehead atoms. The lowest BCUT2D eigenvalue weighted by molar-refractivity contribution is -0.209. The predicted molar refractivity (Wildman–Crippen MR) is 34.3 cm³/mol. The first-order chi connectivity index (χ1) is 3.96. The Hall–Kier alpha value is 0.0400. The molecule has 5 heteroatoms. The average Bonchev–Trinajstić information content (AvgIpc) is 1.57. The van der Waals surface area contributed by atoms with Gasteiger partial charge in [-0.1, -0.05) is 0 Å². The second-order valence-electron chi connectivity index (χ2n) is 2.51. The Balaban J connectivity index is 0.000000810. The van der Waals surface area contributed by atoms with E-state index in [0.29, 0.717) is 6.54 Å². The van der Waals surface area contributed by atoms with Gasteiger partial charge in [0.25, 0.3) is 0 Å². The zero-order valence-electron chi connectivity index (χ0n) is 5.46. The standard InChI is InChI=1S/C5H8F3N.ClH/c1-4(2-3-9-4)5(6,7)8;/h9H,2-3H2,1H3;1H. The van der Waals surface area contributed by atoms with Crippen LogP contribution < -0.4 is 5.32 Å². The largest absolute Gasteiger partial charge is 0.406 e. The highest BCUT2D eigenvalue weighted by Gasteiger charge is 2.54. The lowest BCUT2D eigenvalue weighted by atomic mass is 9.90. The summed E-state index contributed by atoms with van der Waals surface area (Å²) in [5.41, 5.74) is -1.59. The van der Waals surface area contributed by atoms with E-state index in [4.69, 9.17) is 0 Å². The average molecular weight is 176 g/mol. The molecule has 0 saturated carbocycles. The molecule has 0 aromatic carbocycles. The Morgan fingerprint density at radius 2 is 1.80 bits per heavy atom. The van der Waals surface area contributed by atoms with E-state index in [1.807, 2.05) is 0 Å². The molecule has 10 heavy (non-hydrogen) atoms. The van der Waals surface area contributed by atoms with Gasteiger partial charge in [0.05, 0.1) is 0 Å². The van der Waals surface area contributed by atoms with E-state index in [-0.39, 0.29) is 18.8 Å². The molecule has 0 aromatic heterocycles. The van der Waals surface area contributed by atoms with Crippen molar-refractivity contribution >= 4 is 12.4 Å². The highest BCUT2D eigenvalue weighted by atomic mass is 35.5. The minimum Gasteiger partial charge on any atom is -0.304 e. The molecule has 1 atom stereocenters. The van der Waals surface area contributed by atoms with Gasteiger partial charge in [0.15, 0.2) is 0 Å². The van der Waals surface area contributed by atoms with E-state index >= 15 is 0 Å². The van der Waals surface area contributed by atoms with Crippen LogP contribution in [0.2, 0.25) is 0 Å². The van der Waals surface area contributed by atoms with Crippen LogP contribution in [0.15, 0.2) is 0 Å². The number of rotatable bonds is 0. The summed E-state index contributed by atoms with van der Waals surface area (Å²) in [6.45, 7) is 1.66. The van der Waals surface area contributed by atoms with E-state index in [2.05, 4.69) is 5.32 Å². The summed E-state index contributed by atoms with van der Waals surface area (Å²) in [6.07, 6.45) is -3.87. The monoisotopic (exact) mass is 175 g/mol.